The summed E-state index contributed by atoms with van der Waals surface area (Å²) in [7, 11) is 0. The maximum absolute atomic E-state index is 12.2. The SMILES string of the molecule is C=C(C(=O)N(C(=O)CC(F)(F)F)C(C)C)C(F)(F)F. The van der Waals surface area contributed by atoms with E-state index in [1.807, 2.05) is 0 Å². The summed E-state index contributed by atoms with van der Waals surface area (Å²) in [5.74, 6) is -3.63. The summed E-state index contributed by atoms with van der Waals surface area (Å²) in [5.41, 5.74) is -1.89. The van der Waals surface area contributed by atoms with Gasteiger partial charge in [0.2, 0.25) is 5.91 Å². The van der Waals surface area contributed by atoms with E-state index < -0.39 is 42.2 Å². The van der Waals surface area contributed by atoms with Crippen LogP contribution in [0.25, 0.3) is 0 Å². The molecule has 0 aliphatic rings. The second-order valence-electron chi connectivity index (χ2n) is 3.93. The fourth-order valence-electron chi connectivity index (χ4n) is 1.16. The lowest BCUT2D eigenvalue weighted by Crippen LogP contribution is -2.46. The molecule has 0 bridgehead atoms. The van der Waals surface area contributed by atoms with Gasteiger partial charge >= 0.3 is 12.4 Å². The lowest BCUT2D eigenvalue weighted by Gasteiger charge is -2.26. The monoisotopic (exact) mass is 291 g/mol. The van der Waals surface area contributed by atoms with E-state index in [1.165, 1.54) is 0 Å². The maximum Gasteiger partial charge on any atom is 0.421 e. The standard InChI is InChI=1S/C10H11F6NO2/c1-5(2)17(7(18)4-9(11,12)13)8(19)6(3)10(14,15)16/h5H,3-4H2,1-2H3. The predicted octanol–water partition coefficient (Wildman–Crippen LogP) is 2.82. The smallest absolute Gasteiger partial charge is 0.276 e. The molecule has 0 saturated carbocycles. The Morgan fingerprint density at radius 3 is 1.79 bits per heavy atom. The van der Waals surface area contributed by atoms with Crippen LogP contribution in [0.5, 0.6) is 0 Å². The lowest BCUT2D eigenvalue weighted by molar-refractivity contribution is -0.166. The van der Waals surface area contributed by atoms with Gasteiger partial charge in [0, 0.05) is 6.04 Å². The number of imide groups is 1. The van der Waals surface area contributed by atoms with E-state index in [2.05, 4.69) is 6.58 Å². The Morgan fingerprint density at radius 1 is 1.11 bits per heavy atom. The van der Waals surface area contributed by atoms with E-state index in [0.717, 1.165) is 13.8 Å². The Labute approximate surface area is 104 Å². The number of amides is 2. The molecule has 0 spiro atoms. The minimum atomic E-state index is -5.11. The highest BCUT2D eigenvalue weighted by Crippen LogP contribution is 2.28. The van der Waals surface area contributed by atoms with E-state index >= 15 is 0 Å². The molecule has 0 aromatic carbocycles. The van der Waals surface area contributed by atoms with Gasteiger partial charge in [-0.25, -0.2) is 0 Å². The van der Waals surface area contributed by atoms with Gasteiger partial charge in [0.05, 0.1) is 0 Å². The Bertz CT molecular complexity index is 382. The number of hydrogen-bond donors (Lipinski definition) is 0. The van der Waals surface area contributed by atoms with Gasteiger partial charge in [-0.1, -0.05) is 6.58 Å². The predicted molar refractivity (Wildman–Crippen MR) is 52.9 cm³/mol. The average Bonchev–Trinajstić information content (AvgIpc) is 2.11. The second-order valence-corrected chi connectivity index (χ2v) is 3.93. The zero-order valence-electron chi connectivity index (χ0n) is 10.0. The molecular formula is C10H11F6NO2. The zero-order chi connectivity index (χ0) is 15.6. The average molecular weight is 291 g/mol. The molecule has 0 rings (SSSR count). The van der Waals surface area contributed by atoms with Crippen molar-refractivity contribution in [3.05, 3.63) is 12.2 Å². The molecule has 9 heteroatoms. The van der Waals surface area contributed by atoms with E-state index in [4.69, 9.17) is 0 Å². The van der Waals surface area contributed by atoms with E-state index in [1.54, 1.807) is 0 Å². The summed E-state index contributed by atoms with van der Waals surface area (Å²) >= 11 is 0. The molecular weight excluding hydrogens is 280 g/mol. The van der Waals surface area contributed by atoms with Gasteiger partial charge < -0.3 is 0 Å². The van der Waals surface area contributed by atoms with Gasteiger partial charge in [0.1, 0.15) is 12.0 Å². The maximum atomic E-state index is 12.2. The highest BCUT2D eigenvalue weighted by Gasteiger charge is 2.43. The van der Waals surface area contributed by atoms with Crippen molar-refractivity contribution < 1.29 is 35.9 Å². The number of halogens is 6. The van der Waals surface area contributed by atoms with Crippen LogP contribution in [-0.4, -0.2) is 35.1 Å². The van der Waals surface area contributed by atoms with Crippen molar-refractivity contribution in [2.75, 3.05) is 0 Å². The summed E-state index contributed by atoms with van der Waals surface area (Å²) in [5, 5.41) is 0. The number of rotatable bonds is 3. The zero-order valence-corrected chi connectivity index (χ0v) is 10.0. The first kappa shape index (κ1) is 17.5. The van der Waals surface area contributed by atoms with Gasteiger partial charge in [-0.2, -0.15) is 26.3 Å². The fourth-order valence-corrected chi connectivity index (χ4v) is 1.16. The van der Waals surface area contributed by atoms with Crippen LogP contribution in [0.15, 0.2) is 12.2 Å². The molecule has 0 aromatic heterocycles. The molecule has 0 aliphatic heterocycles. The number of hydrogen-bond acceptors (Lipinski definition) is 2. The Hall–Kier alpha value is -1.54. The molecule has 0 unspecified atom stereocenters. The molecule has 0 aliphatic carbocycles. The summed E-state index contributed by atoms with van der Waals surface area (Å²) < 4.78 is 72.8. The molecule has 0 fully saturated rings. The topological polar surface area (TPSA) is 37.4 Å². The van der Waals surface area contributed by atoms with E-state index in [-0.39, 0.29) is 4.90 Å². The largest absolute Gasteiger partial charge is 0.421 e. The number of alkyl halides is 6. The first-order chi connectivity index (χ1) is 8.27. The molecule has 0 aromatic rings. The molecule has 0 N–H and O–H groups in total. The molecule has 0 radical (unpaired) electrons. The van der Waals surface area contributed by atoms with Gasteiger partial charge in [-0.15, -0.1) is 0 Å². The Balaban J connectivity index is 5.20. The molecule has 110 valence electrons. The Kier molecular flexibility index (Phi) is 5.16. The molecule has 3 nitrogen and oxygen atoms in total. The van der Waals surface area contributed by atoms with Crippen molar-refractivity contribution in [3.63, 3.8) is 0 Å². The van der Waals surface area contributed by atoms with Crippen LogP contribution in [0.1, 0.15) is 20.3 Å². The minimum absolute atomic E-state index is 0.0939. The van der Waals surface area contributed by atoms with Gasteiger partial charge in [-0.3, -0.25) is 14.5 Å². The van der Waals surface area contributed by atoms with Crippen LogP contribution in [0, 0.1) is 0 Å². The minimum Gasteiger partial charge on any atom is -0.276 e. The Morgan fingerprint density at radius 2 is 1.53 bits per heavy atom. The van der Waals surface area contributed by atoms with Gasteiger partial charge in [0.15, 0.2) is 0 Å². The molecule has 0 saturated heterocycles. The molecule has 0 heterocycles. The summed E-state index contributed by atoms with van der Waals surface area (Å²) in [4.78, 5) is 22.5. The quantitative estimate of drug-likeness (QED) is 0.592. The third-order valence-corrected chi connectivity index (χ3v) is 1.96. The number of nitrogens with zero attached hydrogens (tertiary/aromatic N) is 1. The second kappa shape index (κ2) is 5.62. The summed E-state index contributed by atoms with van der Waals surface area (Å²) in [6.07, 6.45) is -12.0. The van der Waals surface area contributed by atoms with Crippen molar-refractivity contribution in [3.8, 4) is 0 Å². The first-order valence-electron chi connectivity index (χ1n) is 4.96. The van der Waals surface area contributed by atoms with Crippen LogP contribution >= 0.6 is 0 Å². The molecule has 2 amide bonds. The van der Waals surface area contributed by atoms with Gasteiger partial charge in [-0.05, 0) is 13.8 Å². The van der Waals surface area contributed by atoms with Crippen molar-refractivity contribution in [2.24, 2.45) is 0 Å². The normalized spacial score (nSPS) is 12.5. The van der Waals surface area contributed by atoms with Crippen LogP contribution in [0.2, 0.25) is 0 Å². The highest BCUT2D eigenvalue weighted by molar-refractivity contribution is 6.05. The first-order valence-corrected chi connectivity index (χ1v) is 4.96. The highest BCUT2D eigenvalue weighted by atomic mass is 19.4. The van der Waals surface area contributed by atoms with Crippen LogP contribution in [0.4, 0.5) is 26.3 Å². The molecule has 19 heavy (non-hydrogen) atoms. The third-order valence-electron chi connectivity index (χ3n) is 1.96. The third kappa shape index (κ3) is 5.31. The van der Waals surface area contributed by atoms with E-state index in [0.29, 0.717) is 0 Å². The summed E-state index contributed by atoms with van der Waals surface area (Å²) in [6, 6.07) is -1.15. The van der Waals surface area contributed by atoms with Crippen molar-refractivity contribution >= 4 is 11.8 Å². The van der Waals surface area contributed by atoms with Crippen molar-refractivity contribution in [2.45, 2.75) is 38.7 Å². The van der Waals surface area contributed by atoms with E-state index in [9.17, 15) is 35.9 Å². The lowest BCUT2D eigenvalue weighted by atomic mass is 10.2. The summed E-state index contributed by atoms with van der Waals surface area (Å²) in [6.45, 7) is 4.70. The van der Waals surface area contributed by atoms with Crippen LogP contribution in [0.3, 0.4) is 0 Å². The number of carbonyl (C=O) groups excluding carboxylic acids is 2. The number of carbonyl (C=O) groups is 2. The van der Waals surface area contributed by atoms with Crippen molar-refractivity contribution in [1.29, 1.82) is 0 Å². The molecule has 0 atom stereocenters. The van der Waals surface area contributed by atoms with Crippen molar-refractivity contribution in [1.82, 2.24) is 4.90 Å². The van der Waals surface area contributed by atoms with Crippen LogP contribution < -0.4 is 0 Å². The van der Waals surface area contributed by atoms with Gasteiger partial charge in [0.25, 0.3) is 5.91 Å². The van der Waals surface area contributed by atoms with Crippen LogP contribution in [-0.2, 0) is 9.59 Å². The fraction of sp³-hybridized carbons (Fsp3) is 0.600.